The van der Waals surface area contributed by atoms with E-state index in [0.717, 1.165) is 9.13 Å². The number of nitrogens with one attached hydrogen (secondary N) is 1. The smallest absolute Gasteiger partial charge is 0.255 e. The van der Waals surface area contributed by atoms with Gasteiger partial charge in [-0.25, -0.2) is 4.98 Å². The van der Waals surface area contributed by atoms with Crippen molar-refractivity contribution in [1.82, 2.24) is 4.98 Å². The molecule has 0 radical (unpaired) electrons. The number of nitrogens with zero attached hydrogens (tertiary/aromatic N) is 2. The Morgan fingerprint density at radius 2 is 2.04 bits per heavy atom. The van der Waals surface area contributed by atoms with Crippen LogP contribution in [0.2, 0.25) is 0 Å². The molecule has 0 aliphatic carbocycles. The van der Waals surface area contributed by atoms with Gasteiger partial charge < -0.3 is 10.1 Å². The predicted molar refractivity (Wildman–Crippen MR) is 107 cm³/mol. The number of benzene rings is 2. The monoisotopic (exact) mass is 455 g/mol. The second-order valence-electron chi connectivity index (χ2n) is 5.51. The minimum absolute atomic E-state index is 0.170. The minimum Gasteiger partial charge on any atom is -0.438 e. The summed E-state index contributed by atoms with van der Waals surface area (Å²) in [6, 6.07) is 18.0. The van der Waals surface area contributed by atoms with Crippen molar-refractivity contribution < 1.29 is 9.53 Å². The van der Waals surface area contributed by atoms with Crippen molar-refractivity contribution in [2.24, 2.45) is 0 Å². The summed E-state index contributed by atoms with van der Waals surface area (Å²) in [6.07, 6.45) is 1.57. The van der Waals surface area contributed by atoms with Gasteiger partial charge in [-0.3, -0.25) is 4.79 Å². The molecule has 0 saturated heterocycles. The van der Waals surface area contributed by atoms with Crippen molar-refractivity contribution in [2.45, 2.75) is 6.92 Å². The molecular formula is C20H14IN3O2. The molecular weight excluding hydrogens is 441 g/mol. The van der Waals surface area contributed by atoms with Gasteiger partial charge in [0.05, 0.1) is 0 Å². The first-order chi connectivity index (χ1) is 12.6. The summed E-state index contributed by atoms with van der Waals surface area (Å²) in [4.78, 5) is 16.5. The molecule has 128 valence electrons. The fraction of sp³-hybridized carbons (Fsp3) is 0.0500. The highest BCUT2D eigenvalue weighted by Gasteiger charge is 2.10. The van der Waals surface area contributed by atoms with Crippen LogP contribution >= 0.6 is 22.6 Å². The molecule has 0 bridgehead atoms. The van der Waals surface area contributed by atoms with Crippen LogP contribution in [-0.2, 0) is 0 Å². The maximum absolute atomic E-state index is 12.4. The van der Waals surface area contributed by atoms with Crippen LogP contribution in [0.5, 0.6) is 11.6 Å². The Morgan fingerprint density at radius 3 is 2.77 bits per heavy atom. The van der Waals surface area contributed by atoms with Gasteiger partial charge >= 0.3 is 0 Å². The van der Waals surface area contributed by atoms with Gasteiger partial charge in [-0.1, -0.05) is 6.07 Å². The number of aromatic nitrogens is 1. The van der Waals surface area contributed by atoms with E-state index in [2.05, 4.69) is 32.9 Å². The van der Waals surface area contributed by atoms with Crippen molar-refractivity contribution in [2.75, 3.05) is 5.32 Å². The zero-order valence-corrected chi connectivity index (χ0v) is 16.0. The van der Waals surface area contributed by atoms with Crippen molar-refractivity contribution in [3.63, 3.8) is 0 Å². The van der Waals surface area contributed by atoms with E-state index in [1.165, 1.54) is 0 Å². The number of amides is 1. The lowest BCUT2D eigenvalue weighted by Crippen LogP contribution is -2.12. The normalized spacial score (nSPS) is 10.0. The molecule has 3 rings (SSSR count). The van der Waals surface area contributed by atoms with Gasteiger partial charge in [0.2, 0.25) is 5.88 Å². The SMILES string of the molecule is Cc1cc(Oc2ncccc2C#N)ccc1NC(=O)c1cccc(I)c1. The summed E-state index contributed by atoms with van der Waals surface area (Å²) in [5.41, 5.74) is 2.50. The molecule has 1 aromatic heterocycles. The third-order valence-electron chi connectivity index (χ3n) is 3.64. The summed E-state index contributed by atoms with van der Waals surface area (Å²) < 4.78 is 6.69. The zero-order chi connectivity index (χ0) is 18.5. The van der Waals surface area contributed by atoms with Crippen molar-refractivity contribution >= 4 is 34.2 Å². The lowest BCUT2D eigenvalue weighted by molar-refractivity contribution is 0.102. The van der Waals surface area contributed by atoms with Crippen LogP contribution in [-0.4, -0.2) is 10.9 Å². The predicted octanol–water partition coefficient (Wildman–Crippen LogP) is 4.91. The van der Waals surface area contributed by atoms with E-state index in [1.807, 2.05) is 31.2 Å². The third kappa shape index (κ3) is 4.18. The van der Waals surface area contributed by atoms with Gasteiger partial charge in [0.25, 0.3) is 5.91 Å². The Bertz CT molecular complexity index is 1010. The van der Waals surface area contributed by atoms with Gasteiger partial charge in [0.15, 0.2) is 0 Å². The van der Waals surface area contributed by atoms with E-state index in [9.17, 15) is 4.79 Å². The molecule has 6 heteroatoms. The molecule has 5 nitrogen and oxygen atoms in total. The molecule has 0 saturated carbocycles. The van der Waals surface area contributed by atoms with E-state index < -0.39 is 0 Å². The van der Waals surface area contributed by atoms with Crippen LogP contribution in [0.1, 0.15) is 21.5 Å². The molecule has 3 aromatic rings. The Hall–Kier alpha value is -2.92. The second kappa shape index (κ2) is 7.97. The quantitative estimate of drug-likeness (QED) is 0.568. The number of carbonyl (C=O) groups is 1. The van der Waals surface area contributed by atoms with E-state index in [0.29, 0.717) is 22.6 Å². The highest BCUT2D eigenvalue weighted by atomic mass is 127. The van der Waals surface area contributed by atoms with Crippen molar-refractivity contribution in [3.8, 4) is 17.7 Å². The fourth-order valence-electron chi connectivity index (χ4n) is 2.33. The lowest BCUT2D eigenvalue weighted by Gasteiger charge is -2.11. The van der Waals surface area contributed by atoms with Crippen molar-refractivity contribution in [1.29, 1.82) is 5.26 Å². The van der Waals surface area contributed by atoms with Crippen LogP contribution in [0.4, 0.5) is 5.69 Å². The summed E-state index contributed by atoms with van der Waals surface area (Å²) in [7, 11) is 0. The van der Waals surface area contributed by atoms with Gasteiger partial charge in [0, 0.05) is 21.0 Å². The van der Waals surface area contributed by atoms with Crippen LogP contribution in [0.3, 0.4) is 0 Å². The standard InChI is InChI=1S/C20H14IN3O2/c1-13-10-17(26-20-15(12-22)5-3-9-23-20)7-8-18(13)24-19(25)14-4-2-6-16(21)11-14/h2-11H,1H3,(H,24,25). The first kappa shape index (κ1) is 17.9. The Balaban J connectivity index is 1.77. The molecule has 1 N–H and O–H groups in total. The van der Waals surface area contributed by atoms with Gasteiger partial charge in [-0.15, -0.1) is 0 Å². The molecule has 0 spiro atoms. The van der Waals surface area contributed by atoms with Crippen molar-refractivity contribution in [3.05, 3.63) is 81.1 Å². The fourth-order valence-corrected chi connectivity index (χ4v) is 2.88. The largest absolute Gasteiger partial charge is 0.438 e. The Kier molecular flexibility index (Phi) is 5.49. The Morgan fingerprint density at radius 1 is 1.19 bits per heavy atom. The van der Waals surface area contributed by atoms with E-state index in [1.54, 1.807) is 42.6 Å². The molecule has 0 fully saturated rings. The summed E-state index contributed by atoms with van der Waals surface area (Å²) in [6.45, 7) is 1.88. The molecule has 1 heterocycles. The molecule has 0 aliphatic heterocycles. The molecule has 0 aliphatic rings. The second-order valence-corrected chi connectivity index (χ2v) is 6.76. The number of hydrogen-bond donors (Lipinski definition) is 1. The summed E-state index contributed by atoms with van der Waals surface area (Å²) in [5, 5.41) is 12.0. The molecule has 0 unspecified atom stereocenters. The third-order valence-corrected chi connectivity index (χ3v) is 4.31. The maximum atomic E-state index is 12.4. The highest BCUT2D eigenvalue weighted by molar-refractivity contribution is 14.1. The molecule has 2 aromatic carbocycles. The number of halogens is 1. The number of ether oxygens (including phenoxy) is 1. The number of carbonyl (C=O) groups excluding carboxylic acids is 1. The van der Waals surface area contributed by atoms with E-state index in [4.69, 9.17) is 10.00 Å². The van der Waals surface area contributed by atoms with Gasteiger partial charge in [0.1, 0.15) is 17.4 Å². The minimum atomic E-state index is -0.170. The number of rotatable bonds is 4. The van der Waals surface area contributed by atoms with Gasteiger partial charge in [-0.2, -0.15) is 5.26 Å². The first-order valence-electron chi connectivity index (χ1n) is 7.77. The molecule has 0 atom stereocenters. The number of hydrogen-bond acceptors (Lipinski definition) is 4. The van der Waals surface area contributed by atoms with Crippen LogP contribution in [0.25, 0.3) is 0 Å². The van der Waals surface area contributed by atoms with E-state index >= 15 is 0 Å². The lowest BCUT2D eigenvalue weighted by atomic mass is 10.1. The summed E-state index contributed by atoms with van der Waals surface area (Å²) in [5.74, 6) is 0.631. The number of nitriles is 1. The maximum Gasteiger partial charge on any atom is 0.255 e. The molecule has 1 amide bonds. The highest BCUT2D eigenvalue weighted by Crippen LogP contribution is 2.27. The van der Waals surface area contributed by atoms with Crippen LogP contribution < -0.4 is 10.1 Å². The Labute approximate surface area is 164 Å². The first-order valence-corrected chi connectivity index (χ1v) is 8.85. The molecule has 26 heavy (non-hydrogen) atoms. The van der Waals surface area contributed by atoms with E-state index in [-0.39, 0.29) is 11.8 Å². The average Bonchev–Trinajstić information content (AvgIpc) is 2.64. The van der Waals surface area contributed by atoms with Crippen LogP contribution in [0, 0.1) is 21.8 Å². The number of aryl methyl sites for hydroxylation is 1. The van der Waals surface area contributed by atoms with Crippen LogP contribution in [0.15, 0.2) is 60.8 Å². The topological polar surface area (TPSA) is 75.0 Å². The number of anilines is 1. The zero-order valence-electron chi connectivity index (χ0n) is 13.9. The number of pyridine rings is 1. The summed E-state index contributed by atoms with van der Waals surface area (Å²) >= 11 is 2.17. The van der Waals surface area contributed by atoms with Gasteiger partial charge in [-0.05, 0) is 83.6 Å². The average molecular weight is 455 g/mol.